The van der Waals surface area contributed by atoms with Gasteiger partial charge in [-0.2, -0.15) is 0 Å². The normalized spacial score (nSPS) is 12.3. The monoisotopic (exact) mass is 308 g/mol. The summed E-state index contributed by atoms with van der Waals surface area (Å²) < 4.78 is 31.0. The molecule has 1 atom stereocenters. The van der Waals surface area contributed by atoms with E-state index >= 15 is 0 Å². The Morgan fingerprint density at radius 1 is 1.40 bits per heavy atom. The second-order valence-electron chi connectivity index (χ2n) is 4.91. The van der Waals surface area contributed by atoms with Crippen molar-refractivity contribution in [1.82, 2.24) is 5.32 Å². The van der Waals surface area contributed by atoms with Gasteiger partial charge < -0.3 is 15.8 Å². The Morgan fingerprint density at radius 3 is 2.50 bits per heavy atom. The fraction of sp³-hybridized carbons (Fsp3) is 0.462. The van der Waals surface area contributed by atoms with Crippen molar-refractivity contribution in [3.05, 3.63) is 29.8 Å². The summed E-state index contributed by atoms with van der Waals surface area (Å²) in [5.41, 5.74) is 4.94. The zero-order valence-electron chi connectivity index (χ0n) is 11.6. The van der Waals surface area contributed by atoms with Crippen LogP contribution in [0.5, 0.6) is 5.75 Å². The molecular weight excluding hydrogens is 290 g/mol. The number of nitrogens with two attached hydrogens (primary N) is 1. The van der Waals surface area contributed by atoms with E-state index in [-0.39, 0.29) is 30.6 Å². The first-order chi connectivity index (χ1) is 8.75. The van der Waals surface area contributed by atoms with E-state index in [0.29, 0.717) is 0 Å². The molecule has 0 aliphatic carbocycles. The number of nitrogens with one attached hydrogen (secondary N) is 1. The highest BCUT2D eigenvalue weighted by molar-refractivity contribution is 5.85. The number of amides is 1. The zero-order valence-corrected chi connectivity index (χ0v) is 12.4. The maximum Gasteiger partial charge on any atom is 0.261 e. The first-order valence-electron chi connectivity index (χ1n) is 5.89. The molecular formula is C13H19ClF2N2O2. The SMILES string of the molecule is CC(Oc1ccc(F)c(F)c1)C(=O)NC(C)(C)CN.Cl. The number of ether oxygens (including phenoxy) is 1. The molecule has 1 aromatic rings. The standard InChI is InChI=1S/C13H18F2N2O2.ClH/c1-8(12(18)17-13(2,3)7-16)19-9-4-5-10(14)11(15)6-9;/h4-6,8H,7,16H2,1-3H3,(H,17,18);1H. The van der Waals surface area contributed by atoms with Crippen LogP contribution in [0.25, 0.3) is 0 Å². The molecule has 0 bridgehead atoms. The van der Waals surface area contributed by atoms with Crippen LogP contribution in [0.3, 0.4) is 0 Å². The van der Waals surface area contributed by atoms with Gasteiger partial charge >= 0.3 is 0 Å². The van der Waals surface area contributed by atoms with Crippen LogP contribution in [0, 0.1) is 11.6 Å². The Balaban J connectivity index is 0.00000361. The van der Waals surface area contributed by atoms with Gasteiger partial charge in [0, 0.05) is 18.2 Å². The molecule has 1 amide bonds. The minimum absolute atomic E-state index is 0. The van der Waals surface area contributed by atoms with E-state index in [2.05, 4.69) is 5.32 Å². The van der Waals surface area contributed by atoms with Crippen molar-refractivity contribution in [3.63, 3.8) is 0 Å². The molecule has 0 aromatic heterocycles. The lowest BCUT2D eigenvalue weighted by Crippen LogP contribution is -2.52. The lowest BCUT2D eigenvalue weighted by atomic mass is 10.1. The van der Waals surface area contributed by atoms with E-state index in [0.717, 1.165) is 12.1 Å². The fourth-order valence-corrected chi connectivity index (χ4v) is 1.29. The third-order valence-electron chi connectivity index (χ3n) is 2.55. The average Bonchev–Trinajstić information content (AvgIpc) is 2.33. The lowest BCUT2D eigenvalue weighted by Gasteiger charge is -2.26. The topological polar surface area (TPSA) is 64.3 Å². The number of rotatable bonds is 5. The minimum Gasteiger partial charge on any atom is -0.481 e. The van der Waals surface area contributed by atoms with Gasteiger partial charge in [-0.3, -0.25) is 4.79 Å². The molecule has 7 heteroatoms. The van der Waals surface area contributed by atoms with E-state index in [1.807, 2.05) is 0 Å². The molecule has 0 heterocycles. The highest BCUT2D eigenvalue weighted by atomic mass is 35.5. The van der Waals surface area contributed by atoms with Gasteiger partial charge in [-0.25, -0.2) is 8.78 Å². The third-order valence-corrected chi connectivity index (χ3v) is 2.55. The van der Waals surface area contributed by atoms with Crippen molar-refractivity contribution in [2.45, 2.75) is 32.4 Å². The predicted octanol–water partition coefficient (Wildman–Crippen LogP) is 2.01. The number of hydrogen-bond acceptors (Lipinski definition) is 3. The zero-order chi connectivity index (χ0) is 14.6. The molecule has 0 spiro atoms. The number of halogens is 3. The van der Waals surface area contributed by atoms with Gasteiger partial charge in [0.1, 0.15) is 5.75 Å². The number of carbonyl (C=O) groups excluding carboxylic acids is 1. The van der Waals surface area contributed by atoms with Crippen LogP contribution in [0.4, 0.5) is 8.78 Å². The summed E-state index contributed by atoms with van der Waals surface area (Å²) in [6, 6.07) is 3.10. The predicted molar refractivity (Wildman–Crippen MR) is 75.0 cm³/mol. The van der Waals surface area contributed by atoms with Gasteiger partial charge in [0.15, 0.2) is 17.7 Å². The molecule has 20 heavy (non-hydrogen) atoms. The van der Waals surface area contributed by atoms with Crippen LogP contribution in [-0.2, 0) is 4.79 Å². The highest BCUT2D eigenvalue weighted by Crippen LogP contribution is 2.17. The molecule has 0 radical (unpaired) electrons. The summed E-state index contributed by atoms with van der Waals surface area (Å²) in [5, 5.41) is 2.70. The first-order valence-corrected chi connectivity index (χ1v) is 5.89. The second kappa shape index (κ2) is 7.40. The molecule has 0 aliphatic rings. The van der Waals surface area contributed by atoms with Crippen molar-refractivity contribution in [1.29, 1.82) is 0 Å². The van der Waals surface area contributed by atoms with Crippen molar-refractivity contribution in [2.75, 3.05) is 6.54 Å². The van der Waals surface area contributed by atoms with Crippen molar-refractivity contribution in [3.8, 4) is 5.75 Å². The molecule has 1 aromatic carbocycles. The molecule has 114 valence electrons. The maximum absolute atomic E-state index is 13.0. The molecule has 0 saturated heterocycles. The first kappa shape index (κ1) is 18.6. The smallest absolute Gasteiger partial charge is 0.261 e. The number of hydrogen-bond donors (Lipinski definition) is 2. The van der Waals surface area contributed by atoms with Crippen LogP contribution in [0.2, 0.25) is 0 Å². The largest absolute Gasteiger partial charge is 0.481 e. The van der Waals surface area contributed by atoms with Gasteiger partial charge in [0.2, 0.25) is 0 Å². The van der Waals surface area contributed by atoms with Crippen molar-refractivity contribution < 1.29 is 18.3 Å². The molecule has 0 aliphatic heterocycles. The Morgan fingerprint density at radius 2 is 2.00 bits per heavy atom. The summed E-state index contributed by atoms with van der Waals surface area (Å²) in [6.45, 7) is 5.34. The van der Waals surface area contributed by atoms with E-state index in [1.54, 1.807) is 13.8 Å². The molecule has 0 fully saturated rings. The summed E-state index contributed by atoms with van der Waals surface area (Å²) >= 11 is 0. The molecule has 1 rings (SSSR count). The third kappa shape index (κ3) is 5.30. The summed E-state index contributed by atoms with van der Waals surface area (Å²) in [5.74, 6) is -2.27. The van der Waals surface area contributed by atoms with Crippen LogP contribution in [0.1, 0.15) is 20.8 Å². The summed E-state index contributed by atoms with van der Waals surface area (Å²) in [4.78, 5) is 11.8. The maximum atomic E-state index is 13.0. The van der Waals surface area contributed by atoms with Crippen LogP contribution in [-0.4, -0.2) is 24.1 Å². The van der Waals surface area contributed by atoms with Crippen molar-refractivity contribution >= 4 is 18.3 Å². The molecule has 1 unspecified atom stereocenters. The Kier molecular flexibility index (Phi) is 6.88. The van der Waals surface area contributed by atoms with Crippen LogP contribution >= 0.6 is 12.4 Å². The Bertz CT molecular complexity index is 470. The fourth-order valence-electron chi connectivity index (χ4n) is 1.29. The van der Waals surface area contributed by atoms with E-state index in [1.165, 1.54) is 13.0 Å². The van der Waals surface area contributed by atoms with E-state index in [9.17, 15) is 13.6 Å². The molecule has 3 N–H and O–H groups in total. The lowest BCUT2D eigenvalue weighted by molar-refractivity contribution is -0.128. The quantitative estimate of drug-likeness (QED) is 0.874. The van der Waals surface area contributed by atoms with Gasteiger partial charge in [-0.15, -0.1) is 12.4 Å². The minimum atomic E-state index is -1.02. The highest BCUT2D eigenvalue weighted by Gasteiger charge is 2.23. The van der Waals surface area contributed by atoms with Gasteiger partial charge in [-0.1, -0.05) is 0 Å². The number of benzene rings is 1. The molecule has 0 saturated carbocycles. The molecule has 4 nitrogen and oxygen atoms in total. The van der Waals surface area contributed by atoms with Gasteiger partial charge in [-0.05, 0) is 32.9 Å². The average molecular weight is 309 g/mol. The van der Waals surface area contributed by atoms with Crippen LogP contribution in [0.15, 0.2) is 18.2 Å². The van der Waals surface area contributed by atoms with Gasteiger partial charge in [0.05, 0.1) is 0 Å². The Labute approximate surface area is 123 Å². The van der Waals surface area contributed by atoms with Crippen LogP contribution < -0.4 is 15.8 Å². The van der Waals surface area contributed by atoms with Crippen molar-refractivity contribution in [2.24, 2.45) is 5.73 Å². The second-order valence-corrected chi connectivity index (χ2v) is 4.91. The van der Waals surface area contributed by atoms with E-state index in [4.69, 9.17) is 10.5 Å². The summed E-state index contributed by atoms with van der Waals surface area (Å²) in [6.07, 6.45) is -0.837. The Hall–Kier alpha value is -1.40. The summed E-state index contributed by atoms with van der Waals surface area (Å²) in [7, 11) is 0. The number of carbonyl (C=O) groups is 1. The van der Waals surface area contributed by atoms with Gasteiger partial charge in [0.25, 0.3) is 5.91 Å². The van der Waals surface area contributed by atoms with E-state index < -0.39 is 23.3 Å².